The first-order chi connectivity index (χ1) is 19.9. The number of nitrogens with zero attached hydrogens (tertiary/aromatic N) is 2. The molecule has 3 amide bonds. The Hall–Kier alpha value is -4.85. The fourth-order valence-electron chi connectivity index (χ4n) is 6.91. The second kappa shape index (κ2) is 9.66. The first kappa shape index (κ1) is 25.1. The lowest BCUT2D eigenvalue weighted by atomic mass is 9.67. The molecule has 0 spiro atoms. The number of hydrogen-bond donors (Lipinski definition) is 3. The second-order valence-corrected chi connectivity index (χ2v) is 11.2. The number of piperidine rings is 1. The van der Waals surface area contributed by atoms with Crippen molar-refractivity contribution in [2.45, 2.75) is 24.7 Å². The van der Waals surface area contributed by atoms with Crippen molar-refractivity contribution in [3.05, 3.63) is 102 Å². The third-order valence-electron chi connectivity index (χ3n) is 9.08. The fourth-order valence-corrected chi connectivity index (χ4v) is 6.91. The van der Waals surface area contributed by atoms with Gasteiger partial charge in [0.05, 0.1) is 5.92 Å². The number of para-hydroxylation sites is 2. The molecule has 7 rings (SSSR count). The number of nitrogens with two attached hydrogens (primary N) is 1. The van der Waals surface area contributed by atoms with E-state index in [0.717, 1.165) is 23.9 Å². The Morgan fingerprint density at radius 3 is 1.93 bits per heavy atom. The predicted molar refractivity (Wildman–Crippen MR) is 159 cm³/mol. The lowest BCUT2D eigenvalue weighted by molar-refractivity contribution is -0.137. The first-order valence-electron chi connectivity index (χ1n) is 14.1. The van der Waals surface area contributed by atoms with Crippen LogP contribution in [0, 0.1) is 5.92 Å². The molecule has 0 bridgehead atoms. The van der Waals surface area contributed by atoms with Crippen LogP contribution < -0.4 is 10.6 Å². The van der Waals surface area contributed by atoms with Crippen molar-refractivity contribution < 1.29 is 14.4 Å². The number of aromatic nitrogens is 2. The quantitative estimate of drug-likeness (QED) is 0.297. The summed E-state index contributed by atoms with van der Waals surface area (Å²) >= 11 is 0. The van der Waals surface area contributed by atoms with Gasteiger partial charge in [0.1, 0.15) is 0 Å². The van der Waals surface area contributed by atoms with E-state index in [1.807, 2.05) is 17.0 Å². The zero-order valence-electron chi connectivity index (χ0n) is 22.6. The highest BCUT2D eigenvalue weighted by Gasteiger charge is 2.44. The van der Waals surface area contributed by atoms with Crippen molar-refractivity contribution >= 4 is 45.2 Å². The molecule has 2 aliphatic heterocycles. The van der Waals surface area contributed by atoms with Crippen molar-refractivity contribution in [1.82, 2.24) is 14.9 Å². The molecule has 2 saturated heterocycles. The molecule has 2 aromatic heterocycles. The van der Waals surface area contributed by atoms with Crippen LogP contribution in [0.3, 0.4) is 0 Å². The van der Waals surface area contributed by atoms with Crippen LogP contribution in [0.2, 0.25) is 0 Å². The number of fused-ring (bicyclic) bond motifs is 2. The Bertz CT molecular complexity index is 1720. The molecule has 8 nitrogen and oxygen atoms in total. The maximum atomic E-state index is 13.7. The highest BCUT2D eigenvalue weighted by atomic mass is 16.2. The molecule has 5 aromatic rings. The standard InChI is InChI=1S/C33H31N5O3/c34-31(40)21-9-11-23(12-10-21)38-20-22(17-30(38)39)32(41)37-15-13-33(14-16-37,26-18-35-28-7-3-1-5-24(26)28)27-19-36-29-8-4-2-6-25(27)29/h1-12,18-19,22,35-36H,13-17,20H2,(H2,34,40)/t22-/m1/s1. The summed E-state index contributed by atoms with van der Waals surface area (Å²) in [5.41, 5.74) is 10.9. The lowest BCUT2D eigenvalue weighted by Crippen LogP contribution is -2.47. The number of benzene rings is 3. The average molecular weight is 546 g/mol. The summed E-state index contributed by atoms with van der Waals surface area (Å²) in [6.45, 7) is 1.55. The summed E-state index contributed by atoms with van der Waals surface area (Å²) in [6.07, 6.45) is 6.02. The fraction of sp³-hybridized carbons (Fsp3) is 0.242. The summed E-state index contributed by atoms with van der Waals surface area (Å²) < 4.78 is 0. The zero-order valence-corrected chi connectivity index (χ0v) is 22.6. The van der Waals surface area contributed by atoms with Gasteiger partial charge in [0, 0.05) is 76.9 Å². The van der Waals surface area contributed by atoms with Crippen LogP contribution in [0.1, 0.15) is 40.7 Å². The minimum Gasteiger partial charge on any atom is -0.366 e. The van der Waals surface area contributed by atoms with Gasteiger partial charge in [0.25, 0.3) is 0 Å². The van der Waals surface area contributed by atoms with Crippen molar-refractivity contribution in [1.29, 1.82) is 0 Å². The van der Waals surface area contributed by atoms with E-state index < -0.39 is 11.8 Å². The Morgan fingerprint density at radius 1 is 0.805 bits per heavy atom. The highest BCUT2D eigenvalue weighted by molar-refractivity contribution is 6.01. The van der Waals surface area contributed by atoms with Gasteiger partial charge in [0.15, 0.2) is 0 Å². The number of nitrogens with one attached hydrogen (secondary N) is 2. The molecule has 2 aliphatic rings. The van der Waals surface area contributed by atoms with E-state index in [0.29, 0.717) is 30.9 Å². The van der Waals surface area contributed by atoms with Crippen LogP contribution in [-0.2, 0) is 15.0 Å². The van der Waals surface area contributed by atoms with E-state index >= 15 is 0 Å². The van der Waals surface area contributed by atoms with Crippen LogP contribution in [0.15, 0.2) is 85.2 Å². The van der Waals surface area contributed by atoms with E-state index in [2.05, 4.69) is 58.8 Å². The monoisotopic (exact) mass is 545 g/mol. The lowest BCUT2D eigenvalue weighted by Gasteiger charge is -2.43. The Kier molecular flexibility index (Phi) is 5.92. The van der Waals surface area contributed by atoms with Crippen LogP contribution in [0.5, 0.6) is 0 Å². The van der Waals surface area contributed by atoms with E-state index in [4.69, 9.17) is 5.73 Å². The number of amides is 3. The first-order valence-corrected chi connectivity index (χ1v) is 14.1. The minimum atomic E-state index is -0.515. The summed E-state index contributed by atoms with van der Waals surface area (Å²) in [4.78, 5) is 48.6. The van der Waals surface area contributed by atoms with E-state index in [1.54, 1.807) is 29.2 Å². The van der Waals surface area contributed by atoms with Crippen LogP contribution in [0.4, 0.5) is 5.69 Å². The number of aromatic amines is 2. The Morgan fingerprint density at radius 2 is 1.37 bits per heavy atom. The van der Waals surface area contributed by atoms with Gasteiger partial charge in [-0.25, -0.2) is 0 Å². The molecule has 2 fully saturated rings. The molecule has 0 radical (unpaired) electrons. The molecule has 206 valence electrons. The normalized spacial score (nSPS) is 18.8. The Balaban J connectivity index is 1.15. The molecular weight excluding hydrogens is 514 g/mol. The van der Waals surface area contributed by atoms with Crippen LogP contribution in [-0.4, -0.2) is 52.2 Å². The predicted octanol–water partition coefficient (Wildman–Crippen LogP) is 4.71. The van der Waals surface area contributed by atoms with Gasteiger partial charge in [-0.2, -0.15) is 0 Å². The summed E-state index contributed by atoms with van der Waals surface area (Å²) in [5.74, 6) is -0.967. The molecule has 4 heterocycles. The van der Waals surface area contributed by atoms with E-state index in [9.17, 15) is 14.4 Å². The van der Waals surface area contributed by atoms with Crippen LogP contribution >= 0.6 is 0 Å². The number of rotatable bonds is 5. The van der Waals surface area contributed by atoms with Crippen molar-refractivity contribution in [3.63, 3.8) is 0 Å². The van der Waals surface area contributed by atoms with Crippen molar-refractivity contribution in [2.24, 2.45) is 11.7 Å². The molecule has 0 saturated carbocycles. The number of carbonyl (C=O) groups excluding carboxylic acids is 3. The van der Waals surface area contributed by atoms with Gasteiger partial charge < -0.3 is 25.5 Å². The van der Waals surface area contributed by atoms with Crippen LogP contribution in [0.25, 0.3) is 21.8 Å². The van der Waals surface area contributed by atoms with Gasteiger partial charge >= 0.3 is 0 Å². The maximum absolute atomic E-state index is 13.7. The number of carbonyl (C=O) groups is 3. The second-order valence-electron chi connectivity index (χ2n) is 11.2. The number of likely N-dealkylation sites (tertiary alicyclic amines) is 1. The molecule has 41 heavy (non-hydrogen) atoms. The average Bonchev–Trinajstić information content (AvgIpc) is 3.74. The number of primary amides is 1. The number of anilines is 1. The van der Waals surface area contributed by atoms with Crippen molar-refractivity contribution in [3.8, 4) is 0 Å². The molecule has 1 atom stereocenters. The van der Waals surface area contributed by atoms with Crippen molar-refractivity contribution in [2.75, 3.05) is 24.5 Å². The third-order valence-corrected chi connectivity index (χ3v) is 9.08. The SMILES string of the molecule is NC(=O)c1ccc(N2C[C@H](C(=O)N3CCC(c4c[nH]c5ccccc45)(c4c[nH]c5ccccc45)CC3)CC2=O)cc1. The van der Waals surface area contributed by atoms with Gasteiger partial charge in [-0.1, -0.05) is 36.4 Å². The third kappa shape index (κ3) is 4.09. The molecular formula is C33H31N5O3. The molecule has 8 heteroatoms. The molecule has 4 N–H and O–H groups in total. The van der Waals surface area contributed by atoms with Gasteiger partial charge in [-0.3, -0.25) is 14.4 Å². The van der Waals surface area contributed by atoms with Gasteiger partial charge in [0.2, 0.25) is 17.7 Å². The number of H-pyrrole nitrogens is 2. The minimum absolute atomic E-state index is 0.0288. The topological polar surface area (TPSA) is 115 Å². The molecule has 0 aliphatic carbocycles. The number of hydrogen-bond acceptors (Lipinski definition) is 3. The van der Waals surface area contributed by atoms with E-state index in [1.165, 1.54) is 21.9 Å². The smallest absolute Gasteiger partial charge is 0.248 e. The molecule has 3 aromatic carbocycles. The Labute approximate surface area is 237 Å². The maximum Gasteiger partial charge on any atom is 0.248 e. The summed E-state index contributed by atoms with van der Waals surface area (Å²) in [6, 6.07) is 23.4. The largest absolute Gasteiger partial charge is 0.366 e. The zero-order chi connectivity index (χ0) is 28.1. The highest BCUT2D eigenvalue weighted by Crippen LogP contribution is 2.47. The van der Waals surface area contributed by atoms with E-state index in [-0.39, 0.29) is 23.7 Å². The summed E-state index contributed by atoms with van der Waals surface area (Å²) in [5, 5.41) is 2.41. The van der Waals surface area contributed by atoms with Gasteiger partial charge in [-0.15, -0.1) is 0 Å². The van der Waals surface area contributed by atoms with Gasteiger partial charge in [-0.05, 0) is 60.4 Å². The molecule has 0 unspecified atom stereocenters. The summed E-state index contributed by atoms with van der Waals surface area (Å²) in [7, 11) is 0.